The van der Waals surface area contributed by atoms with Crippen LogP contribution in [-0.4, -0.2) is 17.6 Å². The Morgan fingerprint density at radius 3 is 2.39 bits per heavy atom. The first-order chi connectivity index (χ1) is 10.9. The highest BCUT2D eigenvalue weighted by atomic mass is 16.5. The lowest BCUT2D eigenvalue weighted by Gasteiger charge is -2.26. The maximum atomic E-state index is 12.0. The highest BCUT2D eigenvalue weighted by molar-refractivity contribution is 5.88. The number of hydrogen-bond acceptors (Lipinski definition) is 3. The van der Waals surface area contributed by atoms with Gasteiger partial charge in [0.2, 0.25) is 0 Å². The van der Waals surface area contributed by atoms with E-state index in [4.69, 9.17) is 10.5 Å². The van der Waals surface area contributed by atoms with Crippen molar-refractivity contribution in [2.75, 3.05) is 6.61 Å². The Labute approximate surface area is 136 Å². The smallest absolute Gasteiger partial charge is 0.258 e. The van der Waals surface area contributed by atoms with Gasteiger partial charge in [-0.05, 0) is 30.0 Å². The summed E-state index contributed by atoms with van der Waals surface area (Å²) in [5.74, 6) is 0.340. The number of rotatable bonds is 7. The Bertz CT molecular complexity index is 655. The molecule has 0 saturated heterocycles. The van der Waals surface area contributed by atoms with E-state index in [0.717, 1.165) is 6.42 Å². The number of carbonyl (C=O) groups is 1. The van der Waals surface area contributed by atoms with Gasteiger partial charge in [0, 0.05) is 5.56 Å². The van der Waals surface area contributed by atoms with Gasteiger partial charge in [0.15, 0.2) is 5.60 Å². The third-order valence-corrected chi connectivity index (χ3v) is 3.76. The lowest BCUT2D eigenvalue weighted by molar-refractivity contribution is -0.133. The van der Waals surface area contributed by atoms with Crippen LogP contribution in [0.2, 0.25) is 0 Å². The monoisotopic (exact) mass is 313 g/mol. The van der Waals surface area contributed by atoms with E-state index in [0.29, 0.717) is 29.4 Å². The molecule has 2 aromatic carbocycles. The lowest BCUT2D eigenvalue weighted by atomic mass is 9.85. The van der Waals surface area contributed by atoms with E-state index >= 15 is 0 Å². The normalized spacial score (nSPS) is 13.6. The molecule has 23 heavy (non-hydrogen) atoms. The van der Waals surface area contributed by atoms with Crippen molar-refractivity contribution in [3.63, 3.8) is 0 Å². The first-order valence-corrected chi connectivity index (χ1v) is 7.75. The second kappa shape index (κ2) is 7.29. The Morgan fingerprint density at radius 2 is 1.78 bits per heavy atom. The zero-order chi connectivity index (χ0) is 16.9. The van der Waals surface area contributed by atoms with Gasteiger partial charge >= 0.3 is 0 Å². The Balaban J connectivity index is 2.32. The molecule has 4 heteroatoms. The molecule has 0 aliphatic heterocycles. The Morgan fingerprint density at radius 1 is 1.13 bits per heavy atom. The minimum absolute atomic E-state index is 0.401. The predicted octanol–water partition coefficient (Wildman–Crippen LogP) is 2.83. The topological polar surface area (TPSA) is 72.6 Å². The summed E-state index contributed by atoms with van der Waals surface area (Å²) < 4.78 is 5.71. The molecule has 1 atom stereocenters. The fraction of sp³-hybridized carbons (Fsp3) is 0.316. The Hall–Kier alpha value is -2.33. The van der Waals surface area contributed by atoms with Gasteiger partial charge in [-0.3, -0.25) is 4.79 Å². The summed E-state index contributed by atoms with van der Waals surface area (Å²) in [7, 11) is 0. The standard InChI is InChI=1S/C19H23NO3/c1-14(2)11-12-23-17-10-6-9-16(13-17)19(22,18(20)21)15-7-4-3-5-8-15/h3-10,13-14,22H,11-12H2,1-2H3,(H2,20,21). The summed E-state index contributed by atoms with van der Waals surface area (Å²) in [4.78, 5) is 12.0. The molecule has 0 saturated carbocycles. The molecule has 1 unspecified atom stereocenters. The molecule has 122 valence electrons. The molecule has 2 aromatic rings. The quantitative estimate of drug-likeness (QED) is 0.825. The molecule has 0 heterocycles. The van der Waals surface area contributed by atoms with E-state index < -0.39 is 11.5 Å². The van der Waals surface area contributed by atoms with E-state index in [1.807, 2.05) is 6.07 Å². The molecule has 0 radical (unpaired) electrons. The number of amides is 1. The van der Waals surface area contributed by atoms with Crippen LogP contribution in [0.25, 0.3) is 0 Å². The van der Waals surface area contributed by atoms with E-state index in [9.17, 15) is 9.90 Å². The van der Waals surface area contributed by atoms with E-state index in [2.05, 4.69) is 13.8 Å². The van der Waals surface area contributed by atoms with Crippen molar-refractivity contribution < 1.29 is 14.6 Å². The molecule has 0 aliphatic carbocycles. The first kappa shape index (κ1) is 17.0. The van der Waals surface area contributed by atoms with Crippen LogP contribution < -0.4 is 10.5 Å². The number of hydrogen-bond donors (Lipinski definition) is 2. The van der Waals surface area contributed by atoms with Crippen LogP contribution in [0.5, 0.6) is 5.75 Å². The summed E-state index contributed by atoms with van der Waals surface area (Å²) in [6, 6.07) is 15.6. The maximum Gasteiger partial charge on any atom is 0.258 e. The van der Waals surface area contributed by atoms with Gasteiger partial charge in [0.1, 0.15) is 5.75 Å². The number of nitrogens with two attached hydrogens (primary N) is 1. The highest BCUT2D eigenvalue weighted by Gasteiger charge is 2.38. The fourth-order valence-electron chi connectivity index (χ4n) is 2.35. The van der Waals surface area contributed by atoms with Crippen molar-refractivity contribution >= 4 is 5.91 Å². The summed E-state index contributed by atoms with van der Waals surface area (Å²) in [6.07, 6.45) is 0.934. The van der Waals surface area contributed by atoms with Gasteiger partial charge in [-0.1, -0.05) is 56.3 Å². The van der Waals surface area contributed by atoms with Gasteiger partial charge < -0.3 is 15.6 Å². The number of aliphatic hydroxyl groups is 1. The molecular formula is C19H23NO3. The van der Waals surface area contributed by atoms with Gasteiger partial charge in [-0.2, -0.15) is 0 Å². The van der Waals surface area contributed by atoms with Crippen LogP contribution in [0.15, 0.2) is 54.6 Å². The molecule has 1 amide bonds. The fourth-order valence-corrected chi connectivity index (χ4v) is 2.35. The molecular weight excluding hydrogens is 290 g/mol. The number of benzene rings is 2. The molecule has 2 rings (SSSR count). The summed E-state index contributed by atoms with van der Waals surface area (Å²) in [6.45, 7) is 4.84. The summed E-state index contributed by atoms with van der Waals surface area (Å²) >= 11 is 0. The average molecular weight is 313 g/mol. The lowest BCUT2D eigenvalue weighted by Crippen LogP contribution is -2.42. The van der Waals surface area contributed by atoms with Crippen LogP contribution in [0.1, 0.15) is 31.4 Å². The second-order valence-electron chi connectivity index (χ2n) is 6.00. The molecule has 4 nitrogen and oxygen atoms in total. The number of ether oxygens (including phenoxy) is 1. The Kier molecular flexibility index (Phi) is 5.40. The number of carbonyl (C=O) groups excluding carboxylic acids is 1. The van der Waals surface area contributed by atoms with Crippen LogP contribution in [0.3, 0.4) is 0 Å². The van der Waals surface area contributed by atoms with Crippen molar-refractivity contribution in [2.45, 2.75) is 25.9 Å². The summed E-state index contributed by atoms with van der Waals surface area (Å²) in [5.41, 5.74) is 4.46. The first-order valence-electron chi connectivity index (χ1n) is 7.75. The van der Waals surface area contributed by atoms with Crippen molar-refractivity contribution in [3.8, 4) is 5.75 Å². The maximum absolute atomic E-state index is 12.0. The van der Waals surface area contributed by atoms with E-state index in [1.165, 1.54) is 0 Å². The van der Waals surface area contributed by atoms with Gasteiger partial charge in [0.25, 0.3) is 5.91 Å². The molecule has 0 aromatic heterocycles. The minimum atomic E-state index is -1.88. The van der Waals surface area contributed by atoms with Crippen molar-refractivity contribution in [1.82, 2.24) is 0 Å². The zero-order valence-electron chi connectivity index (χ0n) is 13.5. The third-order valence-electron chi connectivity index (χ3n) is 3.76. The molecule has 0 spiro atoms. The van der Waals surface area contributed by atoms with Crippen molar-refractivity contribution in [3.05, 3.63) is 65.7 Å². The largest absolute Gasteiger partial charge is 0.494 e. The highest BCUT2D eigenvalue weighted by Crippen LogP contribution is 2.31. The van der Waals surface area contributed by atoms with Gasteiger partial charge in [0.05, 0.1) is 6.61 Å². The van der Waals surface area contributed by atoms with Crippen molar-refractivity contribution in [1.29, 1.82) is 0 Å². The van der Waals surface area contributed by atoms with E-state index in [-0.39, 0.29) is 0 Å². The SMILES string of the molecule is CC(C)CCOc1cccc(C(O)(C(N)=O)c2ccccc2)c1. The minimum Gasteiger partial charge on any atom is -0.494 e. The molecule has 0 aliphatic rings. The molecule has 3 N–H and O–H groups in total. The second-order valence-corrected chi connectivity index (χ2v) is 6.00. The molecule has 0 bridgehead atoms. The zero-order valence-corrected chi connectivity index (χ0v) is 13.5. The third kappa shape index (κ3) is 3.90. The average Bonchev–Trinajstić information content (AvgIpc) is 2.54. The summed E-state index contributed by atoms with van der Waals surface area (Å²) in [5, 5.41) is 10.9. The van der Waals surface area contributed by atoms with Gasteiger partial charge in [-0.25, -0.2) is 0 Å². The number of primary amides is 1. The van der Waals surface area contributed by atoms with Crippen LogP contribution >= 0.6 is 0 Å². The van der Waals surface area contributed by atoms with Crippen LogP contribution in [-0.2, 0) is 10.4 Å². The van der Waals surface area contributed by atoms with E-state index in [1.54, 1.807) is 48.5 Å². The predicted molar refractivity (Wildman–Crippen MR) is 90.0 cm³/mol. The van der Waals surface area contributed by atoms with Crippen LogP contribution in [0.4, 0.5) is 0 Å². The molecule has 0 fully saturated rings. The van der Waals surface area contributed by atoms with Crippen molar-refractivity contribution in [2.24, 2.45) is 11.7 Å². The van der Waals surface area contributed by atoms with Gasteiger partial charge in [-0.15, -0.1) is 0 Å². The van der Waals surface area contributed by atoms with Crippen LogP contribution in [0, 0.1) is 5.92 Å².